The molecule has 0 aliphatic carbocycles. The number of hydrogen-bond donors (Lipinski definition) is 1. The maximum atomic E-state index is 6.08. The molecule has 1 saturated heterocycles. The number of rotatable bonds is 6. The largest absolute Gasteiger partial charge is 0.497 e. The van der Waals surface area contributed by atoms with Crippen LogP contribution in [0, 0.1) is 5.92 Å². The van der Waals surface area contributed by atoms with E-state index in [0.717, 1.165) is 30.5 Å². The third kappa shape index (κ3) is 3.89. The highest BCUT2D eigenvalue weighted by Crippen LogP contribution is 2.34. The summed E-state index contributed by atoms with van der Waals surface area (Å²) < 4.78 is 11.1. The van der Waals surface area contributed by atoms with E-state index in [1.807, 2.05) is 19.1 Å². The van der Waals surface area contributed by atoms with E-state index in [1.54, 1.807) is 7.11 Å². The highest BCUT2D eigenvalue weighted by molar-refractivity contribution is 5.42. The minimum absolute atomic E-state index is 0.227. The lowest BCUT2D eigenvalue weighted by Crippen LogP contribution is -2.39. The molecule has 1 aromatic rings. The Bertz CT molecular complexity index is 442. The molecule has 1 unspecified atom stereocenters. The number of benzene rings is 1. The highest BCUT2D eigenvalue weighted by Gasteiger charge is 2.26. The van der Waals surface area contributed by atoms with Crippen molar-refractivity contribution in [3.8, 4) is 11.5 Å². The molecule has 0 saturated carbocycles. The Morgan fingerprint density at radius 1 is 1.33 bits per heavy atom. The number of methoxy groups -OCH3 is 1. The van der Waals surface area contributed by atoms with Crippen LogP contribution in [0.5, 0.6) is 11.5 Å². The predicted molar refractivity (Wildman–Crippen MR) is 85.9 cm³/mol. The molecule has 2 rings (SSSR count). The molecule has 1 aliphatic heterocycles. The average molecular weight is 292 g/mol. The van der Waals surface area contributed by atoms with Crippen LogP contribution in [0.3, 0.4) is 0 Å². The summed E-state index contributed by atoms with van der Waals surface area (Å²) in [5.41, 5.74) is 7.25. The van der Waals surface area contributed by atoms with E-state index in [-0.39, 0.29) is 6.04 Å². The van der Waals surface area contributed by atoms with Crippen LogP contribution in [0.2, 0.25) is 0 Å². The number of hydrogen-bond acceptors (Lipinski definition) is 4. The first-order valence-corrected chi connectivity index (χ1v) is 7.94. The summed E-state index contributed by atoms with van der Waals surface area (Å²) in [6.45, 7) is 7.81. The number of ether oxygens (including phenoxy) is 2. The van der Waals surface area contributed by atoms with Crippen molar-refractivity contribution in [2.24, 2.45) is 11.7 Å². The van der Waals surface area contributed by atoms with Crippen LogP contribution in [0.15, 0.2) is 18.2 Å². The summed E-state index contributed by atoms with van der Waals surface area (Å²) in [5, 5.41) is 0. The molecule has 0 amide bonds. The lowest BCUT2D eigenvalue weighted by atomic mass is 9.95. The van der Waals surface area contributed by atoms with Gasteiger partial charge in [-0.15, -0.1) is 0 Å². The second-order valence-corrected chi connectivity index (χ2v) is 5.81. The topological polar surface area (TPSA) is 47.7 Å². The van der Waals surface area contributed by atoms with Gasteiger partial charge < -0.3 is 15.2 Å². The van der Waals surface area contributed by atoms with Gasteiger partial charge in [0, 0.05) is 18.2 Å². The van der Waals surface area contributed by atoms with Gasteiger partial charge in [-0.2, -0.15) is 0 Å². The first-order chi connectivity index (χ1) is 10.2. The SMILES string of the molecule is CCOc1cc(OC)ccc1C(CN)N1CCC(C)CC1. The number of nitrogens with two attached hydrogens (primary N) is 1. The smallest absolute Gasteiger partial charge is 0.127 e. The maximum absolute atomic E-state index is 6.08. The molecule has 0 bridgehead atoms. The van der Waals surface area contributed by atoms with Gasteiger partial charge in [0.1, 0.15) is 11.5 Å². The van der Waals surface area contributed by atoms with Gasteiger partial charge in [0.15, 0.2) is 0 Å². The van der Waals surface area contributed by atoms with E-state index in [1.165, 1.54) is 18.4 Å². The van der Waals surface area contributed by atoms with Gasteiger partial charge in [-0.3, -0.25) is 4.90 Å². The highest BCUT2D eigenvalue weighted by atomic mass is 16.5. The Morgan fingerprint density at radius 3 is 2.62 bits per heavy atom. The van der Waals surface area contributed by atoms with Crippen LogP contribution in [0.1, 0.15) is 38.3 Å². The molecule has 0 spiro atoms. The number of nitrogens with zero attached hydrogens (tertiary/aromatic N) is 1. The fraction of sp³-hybridized carbons (Fsp3) is 0.647. The van der Waals surface area contributed by atoms with Crippen molar-refractivity contribution in [1.29, 1.82) is 0 Å². The van der Waals surface area contributed by atoms with E-state index >= 15 is 0 Å². The molecule has 118 valence electrons. The molecular weight excluding hydrogens is 264 g/mol. The molecule has 2 N–H and O–H groups in total. The van der Waals surface area contributed by atoms with Crippen LogP contribution in [-0.4, -0.2) is 38.3 Å². The molecule has 4 heteroatoms. The number of likely N-dealkylation sites (tertiary alicyclic amines) is 1. The monoisotopic (exact) mass is 292 g/mol. The van der Waals surface area contributed by atoms with Gasteiger partial charge in [-0.25, -0.2) is 0 Å². The van der Waals surface area contributed by atoms with Gasteiger partial charge in [0.05, 0.1) is 19.8 Å². The Kier molecular flexibility index (Phi) is 5.88. The van der Waals surface area contributed by atoms with E-state index in [9.17, 15) is 0 Å². The van der Waals surface area contributed by atoms with Crippen molar-refractivity contribution in [3.63, 3.8) is 0 Å². The standard InChI is InChI=1S/C17H28N2O2/c1-4-21-17-11-14(20-3)5-6-15(17)16(12-18)19-9-7-13(2)8-10-19/h5-6,11,13,16H,4,7-10,12,18H2,1-3H3. The second kappa shape index (κ2) is 7.66. The van der Waals surface area contributed by atoms with E-state index in [4.69, 9.17) is 15.2 Å². The van der Waals surface area contributed by atoms with Gasteiger partial charge >= 0.3 is 0 Å². The maximum Gasteiger partial charge on any atom is 0.127 e. The summed E-state index contributed by atoms with van der Waals surface area (Å²) >= 11 is 0. The third-order valence-corrected chi connectivity index (χ3v) is 4.36. The molecule has 21 heavy (non-hydrogen) atoms. The summed E-state index contributed by atoms with van der Waals surface area (Å²) in [5.74, 6) is 2.54. The minimum atomic E-state index is 0.227. The fourth-order valence-corrected chi connectivity index (χ4v) is 3.01. The summed E-state index contributed by atoms with van der Waals surface area (Å²) in [6, 6.07) is 6.28. The molecule has 0 aromatic heterocycles. The van der Waals surface area contributed by atoms with Crippen molar-refractivity contribution in [3.05, 3.63) is 23.8 Å². The molecule has 1 aliphatic rings. The first-order valence-electron chi connectivity index (χ1n) is 7.94. The second-order valence-electron chi connectivity index (χ2n) is 5.81. The number of piperidine rings is 1. The average Bonchev–Trinajstić information content (AvgIpc) is 2.51. The van der Waals surface area contributed by atoms with Crippen molar-refractivity contribution in [2.75, 3.05) is 33.4 Å². The third-order valence-electron chi connectivity index (χ3n) is 4.36. The molecule has 1 atom stereocenters. The Morgan fingerprint density at radius 2 is 2.05 bits per heavy atom. The molecule has 1 aromatic carbocycles. The van der Waals surface area contributed by atoms with E-state index in [0.29, 0.717) is 13.2 Å². The van der Waals surface area contributed by atoms with Crippen molar-refractivity contribution < 1.29 is 9.47 Å². The van der Waals surface area contributed by atoms with Gasteiger partial charge in [-0.1, -0.05) is 13.0 Å². The minimum Gasteiger partial charge on any atom is -0.497 e. The van der Waals surface area contributed by atoms with E-state index in [2.05, 4.69) is 17.9 Å². The Balaban J connectivity index is 2.24. The van der Waals surface area contributed by atoms with Crippen LogP contribution in [-0.2, 0) is 0 Å². The van der Waals surface area contributed by atoms with Crippen molar-refractivity contribution in [1.82, 2.24) is 4.90 Å². The molecule has 4 nitrogen and oxygen atoms in total. The van der Waals surface area contributed by atoms with Crippen LogP contribution in [0.25, 0.3) is 0 Å². The zero-order valence-corrected chi connectivity index (χ0v) is 13.5. The summed E-state index contributed by atoms with van der Waals surface area (Å²) in [4.78, 5) is 2.49. The van der Waals surface area contributed by atoms with Crippen molar-refractivity contribution in [2.45, 2.75) is 32.7 Å². The molecular formula is C17H28N2O2. The lowest BCUT2D eigenvalue weighted by Gasteiger charge is -2.37. The van der Waals surface area contributed by atoms with Gasteiger partial charge in [-0.05, 0) is 44.8 Å². The molecule has 1 fully saturated rings. The van der Waals surface area contributed by atoms with Gasteiger partial charge in [0.2, 0.25) is 0 Å². The summed E-state index contributed by atoms with van der Waals surface area (Å²) in [7, 11) is 1.68. The fourth-order valence-electron chi connectivity index (χ4n) is 3.01. The van der Waals surface area contributed by atoms with Gasteiger partial charge in [0.25, 0.3) is 0 Å². The van der Waals surface area contributed by atoms with Crippen LogP contribution < -0.4 is 15.2 Å². The Labute approximate surface area is 128 Å². The predicted octanol–water partition coefficient (Wildman–Crippen LogP) is 2.83. The van der Waals surface area contributed by atoms with Crippen molar-refractivity contribution >= 4 is 0 Å². The van der Waals surface area contributed by atoms with Crippen LogP contribution in [0.4, 0.5) is 0 Å². The van der Waals surface area contributed by atoms with Crippen LogP contribution >= 0.6 is 0 Å². The quantitative estimate of drug-likeness (QED) is 0.876. The van der Waals surface area contributed by atoms with E-state index < -0.39 is 0 Å². The molecule has 0 radical (unpaired) electrons. The first kappa shape index (κ1) is 16.1. The normalized spacial score (nSPS) is 18.5. The summed E-state index contributed by atoms with van der Waals surface area (Å²) in [6.07, 6.45) is 2.49. The Hall–Kier alpha value is -1.26. The lowest BCUT2D eigenvalue weighted by molar-refractivity contribution is 0.138. The zero-order chi connectivity index (χ0) is 15.2. The molecule has 1 heterocycles. The zero-order valence-electron chi connectivity index (χ0n) is 13.5.